The lowest BCUT2D eigenvalue weighted by Crippen LogP contribution is -2.34. The molecule has 4 heteroatoms. The molecule has 1 aromatic rings. The van der Waals surface area contributed by atoms with Crippen molar-refractivity contribution < 1.29 is 9.90 Å². The first-order chi connectivity index (χ1) is 8.61. The molecule has 1 fully saturated rings. The van der Waals surface area contributed by atoms with E-state index in [4.69, 9.17) is 0 Å². The lowest BCUT2D eigenvalue weighted by molar-refractivity contribution is 0.0697. The first-order valence-electron chi connectivity index (χ1n) is 6.57. The average molecular weight is 248 g/mol. The smallest absolute Gasteiger partial charge is 0.339 e. The fraction of sp³-hybridized carbons (Fsp3) is 0.571. The van der Waals surface area contributed by atoms with E-state index in [1.165, 1.54) is 19.3 Å². The van der Waals surface area contributed by atoms with Crippen molar-refractivity contribution in [2.24, 2.45) is 5.92 Å². The van der Waals surface area contributed by atoms with Gasteiger partial charge < -0.3 is 10.0 Å². The quantitative estimate of drug-likeness (QED) is 0.870. The zero-order valence-electron chi connectivity index (χ0n) is 11.0. The van der Waals surface area contributed by atoms with Crippen molar-refractivity contribution in [2.75, 3.05) is 18.0 Å². The number of rotatable bonds is 5. The second-order valence-corrected chi connectivity index (χ2v) is 4.96. The van der Waals surface area contributed by atoms with Crippen molar-refractivity contribution in [2.45, 2.75) is 33.1 Å². The number of carboxylic acids is 1. The van der Waals surface area contributed by atoms with Gasteiger partial charge in [-0.2, -0.15) is 0 Å². The third-order valence-corrected chi connectivity index (χ3v) is 3.63. The fourth-order valence-electron chi connectivity index (χ4n) is 2.30. The third-order valence-electron chi connectivity index (χ3n) is 3.63. The van der Waals surface area contributed by atoms with Crippen LogP contribution in [0.4, 0.5) is 5.82 Å². The molecule has 1 N–H and O–H groups in total. The predicted molar refractivity (Wildman–Crippen MR) is 71.2 cm³/mol. The number of aromatic nitrogens is 1. The average Bonchev–Trinajstić information content (AvgIpc) is 2.27. The van der Waals surface area contributed by atoms with Crippen LogP contribution < -0.4 is 4.90 Å². The van der Waals surface area contributed by atoms with Crippen LogP contribution in [0, 0.1) is 12.8 Å². The van der Waals surface area contributed by atoms with E-state index in [1.807, 2.05) is 13.8 Å². The van der Waals surface area contributed by atoms with E-state index in [1.54, 1.807) is 12.1 Å². The van der Waals surface area contributed by atoms with Gasteiger partial charge in [0, 0.05) is 18.8 Å². The van der Waals surface area contributed by atoms with Gasteiger partial charge in [-0.1, -0.05) is 6.42 Å². The van der Waals surface area contributed by atoms with Crippen LogP contribution in [0.25, 0.3) is 0 Å². The Bertz CT molecular complexity index is 441. The Kier molecular flexibility index (Phi) is 3.84. The summed E-state index contributed by atoms with van der Waals surface area (Å²) in [4.78, 5) is 17.8. The summed E-state index contributed by atoms with van der Waals surface area (Å²) < 4.78 is 0. The fourth-order valence-corrected chi connectivity index (χ4v) is 2.30. The Hall–Kier alpha value is -1.58. The lowest BCUT2D eigenvalue weighted by atomic mass is 9.85. The van der Waals surface area contributed by atoms with Crippen molar-refractivity contribution >= 4 is 11.8 Å². The van der Waals surface area contributed by atoms with Crippen molar-refractivity contribution in [1.82, 2.24) is 4.98 Å². The van der Waals surface area contributed by atoms with Gasteiger partial charge in [-0.25, -0.2) is 9.78 Å². The molecule has 1 aliphatic rings. The maximum absolute atomic E-state index is 11.3. The van der Waals surface area contributed by atoms with Crippen LogP contribution in [0.2, 0.25) is 0 Å². The minimum absolute atomic E-state index is 0.307. The highest BCUT2D eigenvalue weighted by molar-refractivity contribution is 5.93. The highest BCUT2D eigenvalue weighted by Crippen LogP contribution is 2.29. The predicted octanol–water partition coefficient (Wildman–Crippen LogP) is 2.71. The van der Waals surface area contributed by atoms with E-state index in [9.17, 15) is 9.90 Å². The highest BCUT2D eigenvalue weighted by atomic mass is 16.4. The van der Waals surface area contributed by atoms with Gasteiger partial charge in [-0.15, -0.1) is 0 Å². The summed E-state index contributed by atoms with van der Waals surface area (Å²) in [5.74, 6) is 0.426. The van der Waals surface area contributed by atoms with E-state index in [0.717, 1.165) is 18.8 Å². The lowest BCUT2D eigenvalue weighted by Gasteiger charge is -2.33. The number of carboxylic acid groups (broad SMARTS) is 1. The van der Waals surface area contributed by atoms with Crippen molar-refractivity contribution in [3.63, 3.8) is 0 Å². The molecule has 2 rings (SSSR count). The number of nitrogens with zero attached hydrogens (tertiary/aromatic N) is 2. The van der Waals surface area contributed by atoms with Crippen molar-refractivity contribution in [3.05, 3.63) is 23.4 Å². The molecule has 1 aliphatic carbocycles. The summed E-state index contributed by atoms with van der Waals surface area (Å²) in [5.41, 5.74) is 1.17. The molecule has 0 saturated heterocycles. The van der Waals surface area contributed by atoms with Gasteiger partial charge in [-0.3, -0.25) is 0 Å². The number of anilines is 1. The molecule has 18 heavy (non-hydrogen) atoms. The van der Waals surface area contributed by atoms with Crippen LogP contribution in [0.3, 0.4) is 0 Å². The van der Waals surface area contributed by atoms with E-state index in [0.29, 0.717) is 17.3 Å². The van der Waals surface area contributed by atoms with Crippen LogP contribution in [0.1, 0.15) is 42.2 Å². The molecule has 0 aromatic carbocycles. The van der Waals surface area contributed by atoms with Crippen molar-refractivity contribution in [3.8, 4) is 0 Å². The van der Waals surface area contributed by atoms with Gasteiger partial charge in [0.25, 0.3) is 0 Å². The standard InChI is InChI=1S/C14H20N2O2/c1-3-16(9-11-5-4-6-11)13-12(14(17)18)8-7-10(2)15-13/h7-8,11H,3-6,9H2,1-2H3,(H,17,18). The highest BCUT2D eigenvalue weighted by Gasteiger charge is 2.23. The molecule has 0 aliphatic heterocycles. The minimum Gasteiger partial charge on any atom is -0.478 e. The zero-order chi connectivity index (χ0) is 13.1. The van der Waals surface area contributed by atoms with Gasteiger partial charge in [-0.05, 0) is 44.7 Å². The second kappa shape index (κ2) is 5.38. The normalized spacial score (nSPS) is 15.2. The Morgan fingerprint density at radius 2 is 2.22 bits per heavy atom. The molecule has 0 bridgehead atoms. The molecule has 0 amide bonds. The van der Waals surface area contributed by atoms with E-state index >= 15 is 0 Å². The van der Waals surface area contributed by atoms with E-state index < -0.39 is 5.97 Å². The minimum atomic E-state index is -0.899. The van der Waals surface area contributed by atoms with Gasteiger partial charge in [0.2, 0.25) is 0 Å². The number of carbonyl (C=O) groups is 1. The molecule has 0 radical (unpaired) electrons. The Balaban J connectivity index is 2.26. The van der Waals surface area contributed by atoms with Crippen LogP contribution >= 0.6 is 0 Å². The van der Waals surface area contributed by atoms with Gasteiger partial charge >= 0.3 is 5.97 Å². The molecule has 0 atom stereocenters. The summed E-state index contributed by atoms with van der Waals surface area (Å²) in [6.07, 6.45) is 3.81. The number of aryl methyl sites for hydroxylation is 1. The SMILES string of the molecule is CCN(CC1CCC1)c1nc(C)ccc1C(=O)O. The molecule has 0 spiro atoms. The van der Waals surface area contributed by atoms with Crippen LogP contribution in [0.5, 0.6) is 0 Å². The third kappa shape index (κ3) is 2.63. The topological polar surface area (TPSA) is 53.4 Å². The number of hydrogen-bond donors (Lipinski definition) is 1. The molecular weight excluding hydrogens is 228 g/mol. The number of aromatic carboxylic acids is 1. The molecule has 0 unspecified atom stereocenters. The van der Waals surface area contributed by atoms with Crippen molar-refractivity contribution in [1.29, 1.82) is 0 Å². The van der Waals surface area contributed by atoms with Crippen LogP contribution in [0.15, 0.2) is 12.1 Å². The molecular formula is C14H20N2O2. The van der Waals surface area contributed by atoms with E-state index in [-0.39, 0.29) is 0 Å². The summed E-state index contributed by atoms with van der Waals surface area (Å²) in [7, 11) is 0. The molecule has 1 heterocycles. The summed E-state index contributed by atoms with van der Waals surface area (Å²) in [6, 6.07) is 3.41. The van der Waals surface area contributed by atoms with E-state index in [2.05, 4.69) is 9.88 Å². The summed E-state index contributed by atoms with van der Waals surface area (Å²) in [6.45, 7) is 5.67. The summed E-state index contributed by atoms with van der Waals surface area (Å²) >= 11 is 0. The Morgan fingerprint density at radius 1 is 1.50 bits per heavy atom. The maximum atomic E-state index is 11.3. The van der Waals surface area contributed by atoms with Crippen LogP contribution in [-0.4, -0.2) is 29.1 Å². The Labute approximate surface area is 108 Å². The van der Waals surface area contributed by atoms with Crippen LogP contribution in [-0.2, 0) is 0 Å². The first kappa shape index (κ1) is 12.9. The Morgan fingerprint density at radius 3 is 2.72 bits per heavy atom. The molecule has 1 saturated carbocycles. The largest absolute Gasteiger partial charge is 0.478 e. The summed E-state index contributed by atoms with van der Waals surface area (Å²) in [5, 5.41) is 9.24. The number of hydrogen-bond acceptors (Lipinski definition) is 3. The molecule has 1 aromatic heterocycles. The number of pyridine rings is 1. The van der Waals surface area contributed by atoms with Gasteiger partial charge in [0.1, 0.15) is 11.4 Å². The molecule has 4 nitrogen and oxygen atoms in total. The monoisotopic (exact) mass is 248 g/mol. The molecule has 98 valence electrons. The van der Waals surface area contributed by atoms with Gasteiger partial charge in [0.15, 0.2) is 0 Å². The second-order valence-electron chi connectivity index (χ2n) is 4.96. The maximum Gasteiger partial charge on any atom is 0.339 e. The zero-order valence-corrected chi connectivity index (χ0v) is 11.0. The van der Waals surface area contributed by atoms with Gasteiger partial charge in [0.05, 0.1) is 0 Å². The first-order valence-corrected chi connectivity index (χ1v) is 6.57.